The molecule has 6 nitrogen and oxygen atoms in total. The number of nitrogens with one attached hydrogen (secondary N) is 2. The topological polar surface area (TPSA) is 87.5 Å². The van der Waals surface area contributed by atoms with Gasteiger partial charge in [0.2, 0.25) is 5.91 Å². The van der Waals surface area contributed by atoms with E-state index in [-0.39, 0.29) is 24.9 Å². The highest BCUT2D eigenvalue weighted by molar-refractivity contribution is 5.85. The number of rotatable bonds is 2. The zero-order chi connectivity index (χ0) is 8.85. The van der Waals surface area contributed by atoms with Gasteiger partial charge in [0.15, 0.2) is 0 Å². The maximum atomic E-state index is 10.8. The van der Waals surface area contributed by atoms with Gasteiger partial charge in [-0.15, -0.1) is 12.4 Å². The van der Waals surface area contributed by atoms with E-state index in [0.717, 1.165) is 0 Å². The number of amides is 3. The largest absolute Gasteiger partial charge is 0.347 e. The molecule has 0 saturated heterocycles. The van der Waals surface area contributed by atoms with Gasteiger partial charge in [0.25, 0.3) is 0 Å². The monoisotopic (exact) mass is 196 g/mol. The Morgan fingerprint density at radius 1 is 1.42 bits per heavy atom. The van der Waals surface area contributed by atoms with E-state index in [2.05, 4.69) is 5.32 Å². The van der Waals surface area contributed by atoms with Crippen LogP contribution in [0.5, 0.6) is 0 Å². The minimum atomic E-state index is -0.569. The zero-order valence-electron chi connectivity index (χ0n) is 6.96. The summed E-state index contributed by atoms with van der Waals surface area (Å²) in [5.74, 6) is 4.56. The molecule has 0 spiro atoms. The van der Waals surface area contributed by atoms with E-state index in [1.54, 1.807) is 14.1 Å². The number of carbonyl (C=O) groups excluding carboxylic acids is 2. The van der Waals surface area contributed by atoms with E-state index in [1.807, 2.05) is 5.43 Å². The van der Waals surface area contributed by atoms with Crippen molar-refractivity contribution in [3.63, 3.8) is 0 Å². The zero-order valence-corrected chi connectivity index (χ0v) is 7.77. The molecule has 0 saturated carbocycles. The van der Waals surface area contributed by atoms with Gasteiger partial charge in [-0.05, 0) is 0 Å². The lowest BCUT2D eigenvalue weighted by atomic mass is 10.5. The van der Waals surface area contributed by atoms with Gasteiger partial charge in [0, 0.05) is 14.1 Å². The van der Waals surface area contributed by atoms with Crippen molar-refractivity contribution >= 4 is 24.3 Å². The van der Waals surface area contributed by atoms with Crippen LogP contribution < -0.4 is 16.6 Å². The van der Waals surface area contributed by atoms with Crippen molar-refractivity contribution in [2.45, 2.75) is 0 Å². The van der Waals surface area contributed by atoms with Crippen LogP contribution in [0.25, 0.3) is 0 Å². The van der Waals surface area contributed by atoms with Crippen LogP contribution in [0, 0.1) is 0 Å². The second kappa shape index (κ2) is 6.68. The van der Waals surface area contributed by atoms with Crippen molar-refractivity contribution < 1.29 is 9.59 Å². The fourth-order valence-corrected chi connectivity index (χ4v) is 0.365. The first kappa shape index (κ1) is 13.6. The van der Waals surface area contributed by atoms with Crippen LogP contribution in [0.4, 0.5) is 4.79 Å². The third-order valence-corrected chi connectivity index (χ3v) is 1.03. The fraction of sp³-hybridized carbons (Fsp3) is 0.600. The minimum absolute atomic E-state index is 0. The molecule has 72 valence electrons. The Morgan fingerprint density at radius 2 is 1.92 bits per heavy atom. The number of hydrazine groups is 1. The van der Waals surface area contributed by atoms with Crippen molar-refractivity contribution in [3.05, 3.63) is 0 Å². The normalized spacial score (nSPS) is 7.92. The summed E-state index contributed by atoms with van der Waals surface area (Å²) in [6.45, 7) is -0.0456. The summed E-state index contributed by atoms with van der Waals surface area (Å²) >= 11 is 0. The molecule has 0 aromatic carbocycles. The standard InChI is InChI=1S/C5H12N4O2.ClH/c1-9(2)4(10)3-7-5(11)8-6;/h3,6H2,1-2H3,(H2,7,8,11);1H. The number of halogens is 1. The van der Waals surface area contributed by atoms with E-state index >= 15 is 0 Å². The third kappa shape index (κ3) is 5.75. The van der Waals surface area contributed by atoms with Crippen LogP contribution in [-0.2, 0) is 4.79 Å². The van der Waals surface area contributed by atoms with E-state index in [4.69, 9.17) is 5.84 Å². The predicted octanol–water partition coefficient (Wildman–Crippen LogP) is -1.33. The number of hydrogen-bond acceptors (Lipinski definition) is 3. The van der Waals surface area contributed by atoms with Gasteiger partial charge < -0.3 is 10.2 Å². The molecule has 0 radical (unpaired) electrons. The highest BCUT2D eigenvalue weighted by Gasteiger charge is 2.04. The first-order valence-electron chi connectivity index (χ1n) is 3.02. The van der Waals surface area contributed by atoms with Crippen LogP contribution in [0.2, 0.25) is 0 Å². The van der Waals surface area contributed by atoms with Crippen molar-refractivity contribution in [1.82, 2.24) is 15.6 Å². The second-order valence-electron chi connectivity index (χ2n) is 2.12. The maximum Gasteiger partial charge on any atom is 0.329 e. The number of carbonyl (C=O) groups is 2. The van der Waals surface area contributed by atoms with Gasteiger partial charge >= 0.3 is 6.03 Å². The Hall–Kier alpha value is -1.01. The lowest BCUT2D eigenvalue weighted by Gasteiger charge is -2.10. The molecule has 0 unspecified atom stereocenters. The molecular weight excluding hydrogens is 184 g/mol. The van der Waals surface area contributed by atoms with Gasteiger partial charge in [0.1, 0.15) is 0 Å². The van der Waals surface area contributed by atoms with Crippen LogP contribution in [0.15, 0.2) is 0 Å². The number of urea groups is 1. The Labute approximate surface area is 76.8 Å². The van der Waals surface area contributed by atoms with E-state index < -0.39 is 6.03 Å². The Kier molecular flexibility index (Phi) is 7.56. The summed E-state index contributed by atoms with van der Waals surface area (Å²) in [5, 5.41) is 2.25. The molecule has 0 aliphatic heterocycles. The van der Waals surface area contributed by atoms with Crippen LogP contribution in [0.3, 0.4) is 0 Å². The Morgan fingerprint density at radius 3 is 2.25 bits per heavy atom. The third-order valence-electron chi connectivity index (χ3n) is 1.03. The molecule has 0 rings (SSSR count). The van der Waals surface area contributed by atoms with Crippen molar-refractivity contribution in [3.8, 4) is 0 Å². The molecular formula is C5H13ClN4O2. The van der Waals surface area contributed by atoms with E-state index in [1.165, 1.54) is 4.90 Å². The van der Waals surface area contributed by atoms with Crippen LogP contribution in [0.1, 0.15) is 0 Å². The van der Waals surface area contributed by atoms with Gasteiger partial charge in [-0.1, -0.05) is 0 Å². The Bertz CT molecular complexity index is 162. The van der Waals surface area contributed by atoms with Crippen molar-refractivity contribution in [2.75, 3.05) is 20.6 Å². The van der Waals surface area contributed by atoms with Crippen LogP contribution in [-0.4, -0.2) is 37.5 Å². The average molecular weight is 197 g/mol. The van der Waals surface area contributed by atoms with Crippen LogP contribution >= 0.6 is 12.4 Å². The molecule has 0 aromatic heterocycles. The van der Waals surface area contributed by atoms with Crippen molar-refractivity contribution in [2.24, 2.45) is 5.84 Å². The molecule has 3 amide bonds. The lowest BCUT2D eigenvalue weighted by Crippen LogP contribution is -2.44. The number of hydrogen-bond donors (Lipinski definition) is 3. The first-order valence-corrected chi connectivity index (χ1v) is 3.02. The summed E-state index contributed by atoms with van der Waals surface area (Å²) < 4.78 is 0. The van der Waals surface area contributed by atoms with E-state index in [9.17, 15) is 9.59 Å². The summed E-state index contributed by atoms with van der Waals surface area (Å²) in [6.07, 6.45) is 0. The quantitative estimate of drug-likeness (QED) is 0.291. The molecule has 12 heavy (non-hydrogen) atoms. The number of nitrogens with two attached hydrogens (primary N) is 1. The van der Waals surface area contributed by atoms with Gasteiger partial charge in [0.05, 0.1) is 6.54 Å². The van der Waals surface area contributed by atoms with Gasteiger partial charge in [-0.2, -0.15) is 0 Å². The smallest absolute Gasteiger partial charge is 0.329 e. The minimum Gasteiger partial charge on any atom is -0.347 e. The predicted molar refractivity (Wildman–Crippen MR) is 46.7 cm³/mol. The summed E-state index contributed by atoms with van der Waals surface area (Å²) in [6, 6.07) is -0.569. The highest BCUT2D eigenvalue weighted by Crippen LogP contribution is 1.74. The van der Waals surface area contributed by atoms with Crippen molar-refractivity contribution in [1.29, 1.82) is 0 Å². The molecule has 0 aliphatic rings. The molecule has 0 fully saturated rings. The van der Waals surface area contributed by atoms with Gasteiger partial charge in [-0.25, -0.2) is 10.6 Å². The fourth-order valence-electron chi connectivity index (χ4n) is 0.365. The molecule has 0 heterocycles. The molecule has 0 aromatic rings. The summed E-state index contributed by atoms with van der Waals surface area (Å²) in [7, 11) is 3.20. The molecule has 0 bridgehead atoms. The molecule has 0 atom stereocenters. The Balaban J connectivity index is 0. The van der Waals surface area contributed by atoms with Gasteiger partial charge in [-0.3, -0.25) is 10.2 Å². The average Bonchev–Trinajstić information content (AvgIpc) is 1.99. The lowest BCUT2D eigenvalue weighted by molar-refractivity contribution is -0.127. The van der Waals surface area contributed by atoms with E-state index in [0.29, 0.717) is 0 Å². The molecule has 7 heteroatoms. The number of likely N-dealkylation sites (N-methyl/N-ethyl adjacent to an activating group) is 1. The first-order chi connectivity index (χ1) is 5.07. The second-order valence-corrected chi connectivity index (χ2v) is 2.12. The molecule has 4 N–H and O–H groups in total. The SMILES string of the molecule is CN(C)C(=O)CNC(=O)NN.Cl. The maximum absolute atomic E-state index is 10.8. The highest BCUT2D eigenvalue weighted by atomic mass is 35.5. The summed E-state index contributed by atoms with van der Waals surface area (Å²) in [5.41, 5.74) is 1.84. The number of nitrogens with zero attached hydrogens (tertiary/aromatic N) is 1. The molecule has 0 aliphatic carbocycles. The summed E-state index contributed by atoms with van der Waals surface area (Å²) in [4.78, 5) is 22.6.